The number of carbonyl (C=O) groups excluding carboxylic acids is 2. The fraction of sp³-hybridized carbons (Fsp3) is 0.222. The zero-order chi connectivity index (χ0) is 22.1. The Morgan fingerprint density at radius 3 is 2.84 bits per heavy atom. The average Bonchev–Trinajstić information content (AvgIpc) is 3.42. The number of pyridine rings is 1. The molecule has 0 unspecified atom stereocenters. The summed E-state index contributed by atoms with van der Waals surface area (Å²) in [6.45, 7) is 0.246. The molecule has 12 nitrogen and oxygen atoms in total. The van der Waals surface area contributed by atoms with E-state index in [2.05, 4.69) is 20.4 Å². The number of oxime groups is 1. The Morgan fingerprint density at radius 1 is 1.42 bits per heavy atom. The van der Waals surface area contributed by atoms with Gasteiger partial charge in [0.1, 0.15) is 18.8 Å². The molecule has 0 radical (unpaired) electrons. The van der Waals surface area contributed by atoms with E-state index < -0.39 is 23.8 Å². The number of amides is 2. The number of aliphatic carboxylic acids is 1. The Kier molecular flexibility index (Phi) is 5.35. The molecule has 2 aromatic heterocycles. The third-order valence-electron chi connectivity index (χ3n) is 4.67. The molecule has 2 aliphatic heterocycles. The number of carboxylic acids is 1. The van der Waals surface area contributed by atoms with E-state index in [0.717, 1.165) is 16.3 Å². The van der Waals surface area contributed by atoms with E-state index in [1.165, 1.54) is 12.5 Å². The van der Waals surface area contributed by atoms with Crippen LogP contribution in [0.3, 0.4) is 0 Å². The van der Waals surface area contributed by atoms with Gasteiger partial charge in [-0.1, -0.05) is 11.2 Å². The zero-order valence-electron chi connectivity index (χ0n) is 16.2. The molecular weight excluding hydrogens is 426 g/mol. The lowest BCUT2D eigenvalue weighted by Gasteiger charge is -2.19. The number of hydrogen-bond acceptors (Lipinski definition) is 10. The number of carboxylic acid groups (broad SMARTS) is 1. The van der Waals surface area contributed by atoms with Gasteiger partial charge in [-0.05, 0) is 12.1 Å². The van der Waals surface area contributed by atoms with Crippen LogP contribution in [0, 0.1) is 0 Å². The Bertz CT molecular complexity index is 1110. The molecule has 0 aromatic carbocycles. The molecule has 0 spiro atoms. The highest BCUT2D eigenvalue weighted by atomic mass is 32.1. The Morgan fingerprint density at radius 2 is 2.23 bits per heavy atom. The number of hydrazine groups is 1. The minimum atomic E-state index is -1.26. The van der Waals surface area contributed by atoms with Gasteiger partial charge in [-0.15, -0.1) is 11.3 Å². The molecule has 4 N–H and O–H groups in total. The lowest BCUT2D eigenvalue weighted by atomic mass is 10.1. The van der Waals surface area contributed by atoms with Crippen LogP contribution in [0.2, 0.25) is 0 Å². The van der Waals surface area contributed by atoms with Crippen LogP contribution in [0.15, 0.2) is 40.6 Å². The van der Waals surface area contributed by atoms with Crippen LogP contribution in [0.4, 0.5) is 5.13 Å². The highest BCUT2D eigenvalue weighted by Gasteiger charge is 2.48. The van der Waals surface area contributed by atoms with Crippen molar-refractivity contribution in [3.63, 3.8) is 0 Å². The molecule has 0 aliphatic carbocycles. The van der Waals surface area contributed by atoms with E-state index in [4.69, 9.17) is 10.6 Å². The number of rotatable bonds is 6. The first-order valence-corrected chi connectivity index (χ1v) is 9.88. The first kappa shape index (κ1) is 20.4. The van der Waals surface area contributed by atoms with Crippen molar-refractivity contribution >= 4 is 45.5 Å². The quantitative estimate of drug-likeness (QED) is 0.395. The summed E-state index contributed by atoms with van der Waals surface area (Å²) in [6, 6.07) is 4.15. The molecule has 1 fully saturated rings. The van der Waals surface area contributed by atoms with Crippen LogP contribution in [0.25, 0.3) is 5.57 Å². The number of hydrogen-bond donors (Lipinski definition) is 3. The number of thiazole rings is 1. The molecule has 0 bridgehead atoms. The van der Waals surface area contributed by atoms with Gasteiger partial charge in [0.15, 0.2) is 16.5 Å². The summed E-state index contributed by atoms with van der Waals surface area (Å²) in [5.74, 6) is -2.53. The first-order chi connectivity index (χ1) is 14.9. The smallest absolute Gasteiger partial charge is 0.354 e. The van der Waals surface area contributed by atoms with Gasteiger partial charge in [-0.3, -0.25) is 14.6 Å². The second-order valence-corrected chi connectivity index (χ2v) is 7.45. The first-order valence-electron chi connectivity index (χ1n) is 9.00. The van der Waals surface area contributed by atoms with Crippen LogP contribution in [0.1, 0.15) is 11.4 Å². The van der Waals surface area contributed by atoms with Crippen LogP contribution < -0.4 is 11.1 Å². The summed E-state index contributed by atoms with van der Waals surface area (Å²) in [5, 5.41) is 20.4. The highest BCUT2D eigenvalue weighted by molar-refractivity contribution is 7.13. The van der Waals surface area contributed by atoms with Crippen molar-refractivity contribution in [1.82, 2.24) is 25.3 Å². The van der Waals surface area contributed by atoms with Gasteiger partial charge in [-0.2, -0.15) is 0 Å². The van der Waals surface area contributed by atoms with Crippen LogP contribution >= 0.6 is 11.3 Å². The Balaban J connectivity index is 1.57. The van der Waals surface area contributed by atoms with Crippen molar-refractivity contribution in [2.75, 3.05) is 25.9 Å². The third-order valence-corrected chi connectivity index (χ3v) is 5.34. The lowest BCUT2D eigenvalue weighted by Crippen LogP contribution is -2.46. The normalized spacial score (nSPS) is 19.0. The summed E-state index contributed by atoms with van der Waals surface area (Å²) < 4.78 is 0. The largest absolute Gasteiger partial charge is 0.477 e. The number of aromatic nitrogens is 2. The van der Waals surface area contributed by atoms with Crippen molar-refractivity contribution in [2.24, 2.45) is 5.16 Å². The zero-order valence-corrected chi connectivity index (χ0v) is 17.0. The van der Waals surface area contributed by atoms with E-state index in [0.29, 0.717) is 11.3 Å². The fourth-order valence-corrected chi connectivity index (χ4v) is 3.97. The summed E-state index contributed by atoms with van der Waals surface area (Å²) in [7, 11) is 1.27. The van der Waals surface area contributed by atoms with Gasteiger partial charge < -0.3 is 21.0 Å². The molecule has 4 rings (SSSR count). The molecule has 2 aromatic rings. The van der Waals surface area contributed by atoms with E-state index in [-0.39, 0.29) is 35.3 Å². The maximum absolute atomic E-state index is 13.0. The standard InChI is InChI=1S/C18H17N7O5S/c1-30-23-13(12-8-31-18(19)22-12)15(26)21-11-7-24-6-9(10-4-2-3-5-20-10)14(17(28)29)25(24)16(11)27/h2-5,8,11H,6-7H2,1H3,(H2,19,22)(H,21,26)(H,28,29)/b23-13-/t11-/m0/s1. The number of nitrogens with one attached hydrogen (secondary N) is 1. The molecule has 1 atom stereocenters. The second-order valence-electron chi connectivity index (χ2n) is 6.56. The Labute approximate surface area is 179 Å². The van der Waals surface area contributed by atoms with Crippen LogP contribution in [0.5, 0.6) is 0 Å². The molecule has 2 aliphatic rings. The number of nitrogens with two attached hydrogens (primary N) is 1. The van der Waals surface area contributed by atoms with Crippen molar-refractivity contribution in [3.8, 4) is 0 Å². The second kappa shape index (κ2) is 8.12. The summed E-state index contributed by atoms with van der Waals surface area (Å²) in [6.07, 6.45) is 1.55. The maximum atomic E-state index is 13.0. The van der Waals surface area contributed by atoms with Crippen molar-refractivity contribution < 1.29 is 24.3 Å². The van der Waals surface area contributed by atoms with Gasteiger partial charge in [0.2, 0.25) is 0 Å². The molecule has 13 heteroatoms. The third kappa shape index (κ3) is 3.71. The SMILES string of the molecule is CO/N=C(\C(=O)N[C@H]1CN2CC(c3ccccn3)=C(C(=O)O)N2C1=O)c1csc(N)n1. The predicted molar refractivity (Wildman–Crippen MR) is 109 cm³/mol. The molecule has 2 amide bonds. The van der Waals surface area contributed by atoms with Gasteiger partial charge in [0, 0.05) is 30.2 Å². The monoisotopic (exact) mass is 443 g/mol. The summed E-state index contributed by atoms with van der Waals surface area (Å²) in [5.41, 5.74) is 6.38. The topological polar surface area (TPSA) is 163 Å². The molecular formula is C18H17N7O5S. The Hall–Kier alpha value is -3.84. The van der Waals surface area contributed by atoms with Crippen molar-refractivity contribution in [1.29, 1.82) is 0 Å². The van der Waals surface area contributed by atoms with Gasteiger partial charge >= 0.3 is 5.97 Å². The number of carbonyl (C=O) groups is 3. The van der Waals surface area contributed by atoms with Crippen LogP contribution in [-0.2, 0) is 19.2 Å². The minimum Gasteiger partial charge on any atom is -0.477 e. The highest BCUT2D eigenvalue weighted by Crippen LogP contribution is 2.34. The maximum Gasteiger partial charge on any atom is 0.354 e. The summed E-state index contributed by atoms with van der Waals surface area (Å²) in [4.78, 5) is 50.6. The fourth-order valence-electron chi connectivity index (χ4n) is 3.42. The number of nitrogen functional groups attached to an aromatic ring is 1. The lowest BCUT2D eigenvalue weighted by molar-refractivity contribution is -0.143. The minimum absolute atomic E-state index is 0.0805. The average molecular weight is 443 g/mol. The van der Waals surface area contributed by atoms with E-state index in [1.54, 1.807) is 29.4 Å². The number of fused-ring (bicyclic) bond motifs is 1. The molecule has 0 saturated carbocycles. The van der Waals surface area contributed by atoms with Crippen LogP contribution in [-0.4, -0.2) is 74.8 Å². The molecule has 1 saturated heterocycles. The van der Waals surface area contributed by atoms with Gasteiger partial charge in [-0.25, -0.2) is 19.8 Å². The van der Waals surface area contributed by atoms with Crippen molar-refractivity contribution in [3.05, 3.63) is 46.9 Å². The number of anilines is 1. The number of nitrogens with zero attached hydrogens (tertiary/aromatic N) is 5. The van der Waals surface area contributed by atoms with Gasteiger partial charge in [0.05, 0.1) is 5.69 Å². The molecule has 160 valence electrons. The molecule has 31 heavy (non-hydrogen) atoms. The summed E-state index contributed by atoms with van der Waals surface area (Å²) >= 11 is 1.12. The predicted octanol–water partition coefficient (Wildman–Crippen LogP) is -0.476. The van der Waals surface area contributed by atoms with Crippen molar-refractivity contribution in [2.45, 2.75) is 6.04 Å². The van der Waals surface area contributed by atoms with E-state index in [1.807, 2.05) is 0 Å². The molecule has 4 heterocycles. The van der Waals surface area contributed by atoms with E-state index in [9.17, 15) is 19.5 Å². The van der Waals surface area contributed by atoms with E-state index >= 15 is 0 Å². The van der Waals surface area contributed by atoms with Gasteiger partial charge in [0.25, 0.3) is 11.8 Å².